The summed E-state index contributed by atoms with van der Waals surface area (Å²) in [6.07, 6.45) is 0. The number of hydrogen-bond acceptors (Lipinski definition) is 1. The minimum absolute atomic E-state index is 0.403. The SMILES string of the molecule is NC(=O)c1cccc2[nH+]c3ccccc3cc12. The topological polar surface area (TPSA) is 57.2 Å². The van der Waals surface area contributed by atoms with Crippen molar-refractivity contribution in [1.29, 1.82) is 0 Å². The first-order chi connectivity index (χ1) is 8.25. The number of aromatic nitrogens is 1. The molecule has 2 aromatic carbocycles. The van der Waals surface area contributed by atoms with E-state index in [1.807, 2.05) is 42.5 Å². The lowest BCUT2D eigenvalue weighted by Gasteiger charge is -2.00. The van der Waals surface area contributed by atoms with Gasteiger partial charge in [-0.05, 0) is 18.2 Å². The molecule has 0 aliphatic heterocycles. The molecule has 0 atom stereocenters. The molecule has 1 aromatic heterocycles. The van der Waals surface area contributed by atoms with E-state index < -0.39 is 5.91 Å². The molecule has 0 aliphatic rings. The Morgan fingerprint density at radius 1 is 1.00 bits per heavy atom. The quantitative estimate of drug-likeness (QED) is 0.629. The Morgan fingerprint density at radius 3 is 2.59 bits per heavy atom. The van der Waals surface area contributed by atoms with E-state index in [0.717, 1.165) is 21.8 Å². The standard InChI is InChI=1S/C14H10N2O/c15-14(17)10-5-3-7-13-11(10)8-9-4-1-2-6-12(9)16-13/h1-8H,(H2,15,17)/p+1. The molecule has 1 amide bonds. The zero-order chi connectivity index (χ0) is 11.8. The summed E-state index contributed by atoms with van der Waals surface area (Å²) in [4.78, 5) is 14.7. The maximum atomic E-state index is 11.4. The van der Waals surface area contributed by atoms with E-state index in [-0.39, 0.29) is 0 Å². The van der Waals surface area contributed by atoms with Gasteiger partial charge in [0.05, 0.1) is 10.9 Å². The van der Waals surface area contributed by atoms with Crippen LogP contribution in [0.25, 0.3) is 21.8 Å². The van der Waals surface area contributed by atoms with E-state index in [0.29, 0.717) is 5.56 Å². The molecule has 3 rings (SSSR count). The molecule has 0 saturated heterocycles. The van der Waals surface area contributed by atoms with Crippen LogP contribution in [-0.4, -0.2) is 5.91 Å². The second-order valence-electron chi connectivity index (χ2n) is 3.99. The van der Waals surface area contributed by atoms with Gasteiger partial charge in [-0.25, -0.2) is 4.98 Å². The van der Waals surface area contributed by atoms with Crippen LogP contribution >= 0.6 is 0 Å². The van der Waals surface area contributed by atoms with Crippen molar-refractivity contribution >= 4 is 27.7 Å². The summed E-state index contributed by atoms with van der Waals surface area (Å²) in [5, 5.41) is 1.92. The van der Waals surface area contributed by atoms with Crippen LogP contribution in [0.2, 0.25) is 0 Å². The van der Waals surface area contributed by atoms with Crippen LogP contribution in [0.1, 0.15) is 10.4 Å². The summed E-state index contributed by atoms with van der Waals surface area (Å²) < 4.78 is 0. The lowest BCUT2D eigenvalue weighted by molar-refractivity contribution is -0.310. The van der Waals surface area contributed by atoms with E-state index in [9.17, 15) is 4.79 Å². The van der Waals surface area contributed by atoms with E-state index in [4.69, 9.17) is 5.73 Å². The number of primary amides is 1. The van der Waals surface area contributed by atoms with Gasteiger partial charge in [0.1, 0.15) is 0 Å². The third-order valence-electron chi connectivity index (χ3n) is 2.90. The number of pyridine rings is 1. The summed E-state index contributed by atoms with van der Waals surface area (Å²) >= 11 is 0. The molecule has 0 aliphatic carbocycles. The summed E-state index contributed by atoms with van der Waals surface area (Å²) in [7, 11) is 0. The molecule has 17 heavy (non-hydrogen) atoms. The van der Waals surface area contributed by atoms with Gasteiger partial charge < -0.3 is 5.73 Å². The number of aromatic amines is 1. The number of H-pyrrole nitrogens is 1. The highest BCUT2D eigenvalue weighted by Gasteiger charge is 2.11. The van der Waals surface area contributed by atoms with Crippen LogP contribution in [-0.2, 0) is 0 Å². The number of carbonyl (C=O) groups is 1. The zero-order valence-electron chi connectivity index (χ0n) is 9.10. The van der Waals surface area contributed by atoms with Crippen LogP contribution in [0.3, 0.4) is 0 Å². The van der Waals surface area contributed by atoms with E-state index >= 15 is 0 Å². The lowest BCUT2D eigenvalue weighted by atomic mass is 10.1. The lowest BCUT2D eigenvalue weighted by Crippen LogP contribution is -2.13. The molecule has 0 spiro atoms. The highest BCUT2D eigenvalue weighted by molar-refractivity contribution is 6.06. The molecule has 0 fully saturated rings. The number of carbonyl (C=O) groups excluding carboxylic acids is 1. The first-order valence-electron chi connectivity index (χ1n) is 5.39. The fourth-order valence-corrected chi connectivity index (χ4v) is 2.08. The summed E-state index contributed by atoms with van der Waals surface area (Å²) in [5.74, 6) is -0.403. The van der Waals surface area contributed by atoms with Gasteiger partial charge in [-0.3, -0.25) is 4.79 Å². The van der Waals surface area contributed by atoms with Crippen molar-refractivity contribution < 1.29 is 9.78 Å². The smallest absolute Gasteiger partial charge is 0.249 e. The fourth-order valence-electron chi connectivity index (χ4n) is 2.08. The number of amides is 1. The second kappa shape index (κ2) is 3.56. The molecule has 1 heterocycles. The Bertz CT molecular complexity index is 734. The van der Waals surface area contributed by atoms with Crippen LogP contribution in [0.15, 0.2) is 48.5 Å². The number of fused-ring (bicyclic) bond motifs is 2. The Labute approximate surface area is 97.9 Å². The van der Waals surface area contributed by atoms with Gasteiger partial charge in [0, 0.05) is 17.5 Å². The van der Waals surface area contributed by atoms with Crippen molar-refractivity contribution in [2.45, 2.75) is 0 Å². The van der Waals surface area contributed by atoms with Crippen LogP contribution in [0, 0.1) is 0 Å². The first kappa shape index (κ1) is 9.78. The van der Waals surface area contributed by atoms with Crippen molar-refractivity contribution in [2.24, 2.45) is 5.73 Å². The molecule has 0 radical (unpaired) electrons. The third-order valence-corrected chi connectivity index (χ3v) is 2.90. The summed E-state index contributed by atoms with van der Waals surface area (Å²) in [6, 6.07) is 15.4. The van der Waals surface area contributed by atoms with Crippen molar-refractivity contribution in [3.8, 4) is 0 Å². The van der Waals surface area contributed by atoms with E-state index in [1.54, 1.807) is 6.07 Å². The number of hydrogen-bond donors (Lipinski definition) is 1. The molecule has 0 bridgehead atoms. The molecule has 3 N–H and O–H groups in total. The molecular formula is C14H11N2O+. The maximum Gasteiger partial charge on any atom is 0.249 e. The van der Waals surface area contributed by atoms with E-state index in [2.05, 4.69) is 4.98 Å². The fraction of sp³-hybridized carbons (Fsp3) is 0. The average Bonchev–Trinajstić information content (AvgIpc) is 2.35. The molecule has 3 aromatic rings. The number of rotatable bonds is 1. The van der Waals surface area contributed by atoms with Crippen molar-refractivity contribution in [3.63, 3.8) is 0 Å². The van der Waals surface area contributed by atoms with Gasteiger partial charge in [0.15, 0.2) is 0 Å². The largest absolute Gasteiger partial charge is 0.366 e. The first-order valence-corrected chi connectivity index (χ1v) is 5.39. The highest BCUT2D eigenvalue weighted by Crippen LogP contribution is 2.19. The van der Waals surface area contributed by atoms with Crippen molar-refractivity contribution in [1.82, 2.24) is 0 Å². The minimum atomic E-state index is -0.403. The third kappa shape index (κ3) is 1.52. The minimum Gasteiger partial charge on any atom is -0.366 e. The van der Waals surface area contributed by atoms with Crippen LogP contribution in [0.5, 0.6) is 0 Å². The number of nitrogens with one attached hydrogen (secondary N) is 1. The van der Waals surface area contributed by atoms with Gasteiger partial charge in [0.2, 0.25) is 16.9 Å². The van der Waals surface area contributed by atoms with Gasteiger partial charge >= 0.3 is 0 Å². The van der Waals surface area contributed by atoms with Crippen LogP contribution < -0.4 is 10.7 Å². The molecule has 3 nitrogen and oxygen atoms in total. The monoisotopic (exact) mass is 223 g/mol. The van der Waals surface area contributed by atoms with Gasteiger partial charge in [-0.1, -0.05) is 18.2 Å². The van der Waals surface area contributed by atoms with Crippen molar-refractivity contribution in [2.75, 3.05) is 0 Å². The Balaban J connectivity index is 2.47. The van der Waals surface area contributed by atoms with Gasteiger partial charge in [-0.15, -0.1) is 0 Å². The molecule has 0 unspecified atom stereocenters. The highest BCUT2D eigenvalue weighted by atomic mass is 16.1. The second-order valence-corrected chi connectivity index (χ2v) is 3.99. The summed E-state index contributed by atoms with van der Waals surface area (Å²) in [5.41, 5.74) is 7.88. The Morgan fingerprint density at radius 2 is 1.76 bits per heavy atom. The van der Waals surface area contributed by atoms with Crippen molar-refractivity contribution in [3.05, 3.63) is 54.1 Å². The zero-order valence-corrected chi connectivity index (χ0v) is 9.10. The maximum absolute atomic E-state index is 11.4. The normalized spacial score (nSPS) is 10.8. The number of para-hydroxylation sites is 1. The Hall–Kier alpha value is -2.42. The van der Waals surface area contributed by atoms with Crippen LogP contribution in [0.4, 0.5) is 0 Å². The van der Waals surface area contributed by atoms with E-state index in [1.165, 1.54) is 0 Å². The molecule has 3 heteroatoms. The average molecular weight is 223 g/mol. The van der Waals surface area contributed by atoms with Gasteiger partial charge in [-0.2, -0.15) is 0 Å². The number of benzene rings is 2. The number of nitrogens with two attached hydrogens (primary N) is 1. The predicted octanol–water partition coefficient (Wildman–Crippen LogP) is 1.91. The van der Waals surface area contributed by atoms with Gasteiger partial charge in [0.25, 0.3) is 0 Å². The summed E-state index contributed by atoms with van der Waals surface area (Å²) in [6.45, 7) is 0. The Kier molecular flexibility index (Phi) is 2.05. The molecule has 82 valence electrons. The molecule has 0 saturated carbocycles. The molecular weight excluding hydrogens is 212 g/mol. The predicted molar refractivity (Wildman–Crippen MR) is 66.5 cm³/mol.